The molecular formula is C20H18N4S. The second-order valence-corrected chi connectivity index (χ2v) is 7.01. The van der Waals surface area contributed by atoms with Gasteiger partial charge in [-0.2, -0.15) is 0 Å². The lowest BCUT2D eigenvalue weighted by Gasteiger charge is -2.20. The molecule has 0 saturated carbocycles. The van der Waals surface area contributed by atoms with E-state index < -0.39 is 0 Å². The van der Waals surface area contributed by atoms with Crippen LogP contribution in [0.15, 0.2) is 66.2 Å². The summed E-state index contributed by atoms with van der Waals surface area (Å²) in [6, 6.07) is 19.5. The zero-order chi connectivity index (χ0) is 16.8. The highest BCUT2D eigenvalue weighted by atomic mass is 32.1. The molecule has 0 saturated heterocycles. The number of hydrogen-bond donors (Lipinski definition) is 2. The minimum atomic E-state index is 0.966. The molecule has 4 nitrogen and oxygen atoms in total. The molecule has 0 unspecified atom stereocenters. The van der Waals surface area contributed by atoms with Crippen LogP contribution >= 0.6 is 11.3 Å². The summed E-state index contributed by atoms with van der Waals surface area (Å²) < 4.78 is 2.38. The molecule has 5 heteroatoms. The summed E-state index contributed by atoms with van der Waals surface area (Å²) >= 11 is 1.74. The molecule has 1 aliphatic rings. The van der Waals surface area contributed by atoms with Crippen molar-refractivity contribution in [1.29, 1.82) is 0 Å². The number of hydrogen-bond acceptors (Lipinski definition) is 4. The summed E-state index contributed by atoms with van der Waals surface area (Å²) in [6.45, 7) is 3.16. The van der Waals surface area contributed by atoms with Gasteiger partial charge < -0.3 is 9.99 Å². The van der Waals surface area contributed by atoms with Crippen LogP contribution in [0.3, 0.4) is 0 Å². The van der Waals surface area contributed by atoms with E-state index in [1.807, 2.05) is 6.20 Å². The molecule has 2 aromatic heterocycles. The van der Waals surface area contributed by atoms with Crippen LogP contribution in [0.2, 0.25) is 0 Å². The second-order valence-electron chi connectivity index (χ2n) is 6.06. The topological polar surface area (TPSA) is 32.2 Å². The fourth-order valence-corrected chi connectivity index (χ4v) is 4.35. The fraction of sp³-hybridized carbons (Fsp3) is 0.100. The molecule has 0 spiro atoms. The van der Waals surface area contributed by atoms with Gasteiger partial charge in [-0.25, -0.2) is 0 Å². The number of rotatable bonds is 3. The predicted molar refractivity (Wildman–Crippen MR) is 106 cm³/mol. The third kappa shape index (κ3) is 2.17. The number of aryl methyl sites for hydroxylation is 1. The Kier molecular flexibility index (Phi) is 3.29. The molecule has 124 valence electrons. The van der Waals surface area contributed by atoms with Crippen molar-refractivity contribution in [2.24, 2.45) is 0 Å². The van der Waals surface area contributed by atoms with Crippen LogP contribution in [0, 0.1) is 0 Å². The number of hydrazine groups is 2. The normalized spacial score (nSPS) is 14.3. The second kappa shape index (κ2) is 5.65. The van der Waals surface area contributed by atoms with Gasteiger partial charge in [0.2, 0.25) is 0 Å². The first kappa shape index (κ1) is 14.6. The number of para-hydroxylation sites is 1. The molecule has 0 bridgehead atoms. The van der Waals surface area contributed by atoms with Crippen LogP contribution < -0.4 is 16.0 Å². The first-order valence-corrected chi connectivity index (χ1v) is 9.31. The van der Waals surface area contributed by atoms with Crippen molar-refractivity contribution in [1.82, 2.24) is 15.5 Å². The van der Waals surface area contributed by atoms with Gasteiger partial charge in [-0.05, 0) is 42.6 Å². The number of nitrogens with one attached hydrogen (secondary N) is 2. The smallest absolute Gasteiger partial charge is 0.0939 e. The Labute approximate surface area is 149 Å². The summed E-state index contributed by atoms with van der Waals surface area (Å²) in [7, 11) is 0. The molecule has 5 rings (SSSR count). The minimum Gasteiger partial charge on any atom is -0.341 e. The van der Waals surface area contributed by atoms with Gasteiger partial charge in [-0.1, -0.05) is 24.3 Å². The number of fused-ring (bicyclic) bond motifs is 3. The summed E-state index contributed by atoms with van der Waals surface area (Å²) in [5, 5.41) is 6.79. The van der Waals surface area contributed by atoms with E-state index in [1.165, 1.54) is 26.7 Å². The van der Waals surface area contributed by atoms with Crippen LogP contribution in [-0.2, 0) is 6.54 Å². The van der Waals surface area contributed by atoms with Crippen molar-refractivity contribution in [3.8, 4) is 0 Å². The predicted octanol–water partition coefficient (Wildman–Crippen LogP) is 4.70. The number of anilines is 1. The summed E-state index contributed by atoms with van der Waals surface area (Å²) in [6.07, 6.45) is 2.01. The molecule has 0 aliphatic carbocycles. The molecule has 4 aromatic rings. The van der Waals surface area contributed by atoms with Crippen LogP contribution in [0.4, 0.5) is 5.69 Å². The average Bonchev–Trinajstić information content (AvgIpc) is 3.38. The van der Waals surface area contributed by atoms with Gasteiger partial charge in [-0.15, -0.1) is 16.9 Å². The largest absolute Gasteiger partial charge is 0.341 e. The molecule has 25 heavy (non-hydrogen) atoms. The Morgan fingerprint density at radius 2 is 1.84 bits per heavy atom. The molecule has 0 atom stereocenters. The highest BCUT2D eigenvalue weighted by Crippen LogP contribution is 2.35. The molecule has 0 amide bonds. The van der Waals surface area contributed by atoms with Crippen molar-refractivity contribution in [3.63, 3.8) is 0 Å². The van der Waals surface area contributed by atoms with Crippen molar-refractivity contribution in [3.05, 3.63) is 71.1 Å². The summed E-state index contributed by atoms with van der Waals surface area (Å²) in [4.78, 5) is 1.23. The van der Waals surface area contributed by atoms with Gasteiger partial charge in [-0.3, -0.25) is 5.01 Å². The number of nitrogens with zero attached hydrogens (tertiary/aromatic N) is 2. The maximum atomic E-state index is 3.24. The van der Waals surface area contributed by atoms with E-state index in [9.17, 15) is 0 Å². The summed E-state index contributed by atoms with van der Waals surface area (Å²) in [5.74, 6) is 0. The van der Waals surface area contributed by atoms with Gasteiger partial charge in [0.25, 0.3) is 0 Å². The van der Waals surface area contributed by atoms with Crippen molar-refractivity contribution in [2.75, 3.05) is 5.01 Å². The van der Waals surface area contributed by atoms with Crippen LogP contribution in [0.25, 0.3) is 27.5 Å². The Hall–Kier alpha value is -2.76. The van der Waals surface area contributed by atoms with E-state index in [0.29, 0.717) is 0 Å². The van der Waals surface area contributed by atoms with E-state index in [1.54, 1.807) is 11.3 Å². The van der Waals surface area contributed by atoms with Gasteiger partial charge in [0.05, 0.1) is 16.3 Å². The van der Waals surface area contributed by atoms with E-state index in [2.05, 4.69) is 87.4 Å². The molecule has 2 aromatic carbocycles. The number of benzene rings is 2. The maximum absolute atomic E-state index is 3.24. The van der Waals surface area contributed by atoms with Gasteiger partial charge in [0.15, 0.2) is 0 Å². The van der Waals surface area contributed by atoms with E-state index in [-0.39, 0.29) is 0 Å². The zero-order valence-electron chi connectivity index (χ0n) is 13.9. The Bertz CT molecular complexity index is 1090. The molecule has 1 aliphatic heterocycles. The quantitative estimate of drug-likeness (QED) is 0.564. The lowest BCUT2D eigenvalue weighted by atomic mass is 10.1. The van der Waals surface area contributed by atoms with Gasteiger partial charge in [0.1, 0.15) is 0 Å². The minimum absolute atomic E-state index is 0.966. The molecule has 3 heterocycles. The van der Waals surface area contributed by atoms with Crippen LogP contribution in [0.5, 0.6) is 0 Å². The monoisotopic (exact) mass is 346 g/mol. The number of thiophene rings is 1. The van der Waals surface area contributed by atoms with E-state index in [0.717, 1.165) is 17.9 Å². The van der Waals surface area contributed by atoms with Crippen molar-refractivity contribution in [2.45, 2.75) is 13.5 Å². The third-order valence-corrected chi connectivity index (χ3v) is 5.62. The Morgan fingerprint density at radius 3 is 2.68 bits per heavy atom. The highest BCUT2D eigenvalue weighted by molar-refractivity contribution is 7.11. The summed E-state index contributed by atoms with van der Waals surface area (Å²) in [5.41, 5.74) is 11.2. The van der Waals surface area contributed by atoms with Gasteiger partial charge >= 0.3 is 0 Å². The first-order valence-electron chi connectivity index (χ1n) is 8.43. The molecule has 0 fully saturated rings. The van der Waals surface area contributed by atoms with Crippen molar-refractivity contribution < 1.29 is 0 Å². The maximum Gasteiger partial charge on any atom is 0.0939 e. The van der Waals surface area contributed by atoms with E-state index >= 15 is 0 Å². The van der Waals surface area contributed by atoms with E-state index in [4.69, 9.17) is 0 Å². The SMILES string of the molecule is CCn1c2ccccc2c2cc(N3NNC=C3c3cccs3)ccc21. The standard InChI is InChI=1S/C20H18N4S/c1-2-23-17-7-4-3-6-15(17)16-12-14(9-10-18(16)23)24-19(13-21-22-24)20-8-5-11-25-20/h3-13,21-22H,2H2,1H3. The Balaban J connectivity index is 1.68. The molecular weight excluding hydrogens is 328 g/mol. The fourth-order valence-electron chi connectivity index (χ4n) is 3.62. The molecule has 0 radical (unpaired) electrons. The molecule has 2 N–H and O–H groups in total. The Morgan fingerprint density at radius 1 is 0.960 bits per heavy atom. The first-order chi connectivity index (χ1) is 12.4. The van der Waals surface area contributed by atoms with Crippen LogP contribution in [0.1, 0.15) is 11.8 Å². The van der Waals surface area contributed by atoms with Crippen molar-refractivity contribution >= 4 is 44.5 Å². The zero-order valence-corrected chi connectivity index (χ0v) is 14.7. The average molecular weight is 346 g/mol. The number of aromatic nitrogens is 1. The third-order valence-electron chi connectivity index (χ3n) is 4.73. The highest BCUT2D eigenvalue weighted by Gasteiger charge is 2.20. The lowest BCUT2D eigenvalue weighted by Crippen LogP contribution is -2.36. The van der Waals surface area contributed by atoms with Gasteiger partial charge in [0, 0.05) is 34.6 Å². The lowest BCUT2D eigenvalue weighted by molar-refractivity contribution is 0.684. The van der Waals surface area contributed by atoms with Crippen LogP contribution in [-0.4, -0.2) is 4.57 Å².